The Balaban J connectivity index is 0.894. The van der Waals surface area contributed by atoms with Gasteiger partial charge in [0.1, 0.15) is 16.2 Å². The summed E-state index contributed by atoms with van der Waals surface area (Å²) in [6.45, 7) is 7.66. The molecule has 2 aliphatic carbocycles. The van der Waals surface area contributed by atoms with Crippen molar-refractivity contribution in [3.8, 4) is 5.88 Å². The summed E-state index contributed by atoms with van der Waals surface area (Å²) in [4.78, 5) is 45.7. The molecular formula is C39H51ClN8O5. The largest absolute Gasteiger partial charge is 0.481 e. The van der Waals surface area contributed by atoms with Crippen molar-refractivity contribution in [1.29, 1.82) is 0 Å². The van der Waals surface area contributed by atoms with Crippen molar-refractivity contribution in [3.63, 3.8) is 0 Å². The molecule has 4 aromatic heterocycles. The van der Waals surface area contributed by atoms with Crippen molar-refractivity contribution in [3.05, 3.63) is 29.4 Å². The van der Waals surface area contributed by atoms with Crippen LogP contribution in [0.2, 0.25) is 5.15 Å². The molecule has 284 valence electrons. The lowest BCUT2D eigenvalue weighted by atomic mass is 9.71. The highest BCUT2D eigenvalue weighted by Crippen LogP contribution is 2.48. The van der Waals surface area contributed by atoms with E-state index in [4.69, 9.17) is 35.8 Å². The molecule has 2 amide bonds. The zero-order valence-electron chi connectivity index (χ0n) is 31.2. The van der Waals surface area contributed by atoms with Crippen LogP contribution in [0.3, 0.4) is 0 Å². The smallest absolute Gasteiger partial charge is 0.226 e. The second-order valence-electron chi connectivity index (χ2n) is 16.7. The van der Waals surface area contributed by atoms with Crippen LogP contribution in [0, 0.1) is 17.8 Å². The monoisotopic (exact) mass is 746 g/mol. The fourth-order valence-corrected chi connectivity index (χ4v) is 9.33. The minimum atomic E-state index is -0.328. The highest BCUT2D eigenvalue weighted by molar-refractivity contribution is 6.29. The normalized spacial score (nSPS) is 27.3. The van der Waals surface area contributed by atoms with Crippen molar-refractivity contribution in [2.75, 3.05) is 31.0 Å². The number of aromatic nitrogens is 6. The average Bonchev–Trinajstić information content (AvgIpc) is 3.57. The van der Waals surface area contributed by atoms with Crippen molar-refractivity contribution in [2.24, 2.45) is 17.8 Å². The van der Waals surface area contributed by atoms with Crippen LogP contribution >= 0.6 is 11.6 Å². The molecule has 8 rings (SSSR count). The molecule has 4 aromatic rings. The van der Waals surface area contributed by atoms with Gasteiger partial charge >= 0.3 is 0 Å². The van der Waals surface area contributed by atoms with E-state index in [0.29, 0.717) is 66.1 Å². The van der Waals surface area contributed by atoms with E-state index in [9.17, 15) is 9.59 Å². The van der Waals surface area contributed by atoms with Gasteiger partial charge in [-0.25, -0.2) is 15.0 Å². The van der Waals surface area contributed by atoms with Crippen LogP contribution in [-0.2, 0) is 19.1 Å². The van der Waals surface area contributed by atoms with E-state index in [0.717, 1.165) is 75.4 Å². The van der Waals surface area contributed by atoms with Gasteiger partial charge in [-0.2, -0.15) is 4.98 Å². The number of nitrogens with one attached hydrogen (secondary N) is 2. The van der Waals surface area contributed by atoms with Crippen LogP contribution < -0.4 is 15.4 Å². The number of hydrogen-bond acceptors (Lipinski definition) is 9. The first kappa shape index (κ1) is 36.2. The summed E-state index contributed by atoms with van der Waals surface area (Å²) < 4.78 is 21.8. The number of anilines is 2. The van der Waals surface area contributed by atoms with Gasteiger partial charge < -0.3 is 14.2 Å². The van der Waals surface area contributed by atoms with E-state index in [1.807, 2.05) is 12.1 Å². The Morgan fingerprint density at radius 3 is 2.02 bits per heavy atom. The van der Waals surface area contributed by atoms with Crippen LogP contribution in [0.15, 0.2) is 24.3 Å². The van der Waals surface area contributed by atoms with Gasteiger partial charge in [-0.05, 0) is 121 Å². The lowest BCUT2D eigenvalue weighted by Crippen LogP contribution is -2.42. The van der Waals surface area contributed by atoms with Gasteiger partial charge in [0.2, 0.25) is 29.6 Å². The highest BCUT2D eigenvalue weighted by Gasteiger charge is 2.42. The first-order valence-electron chi connectivity index (χ1n) is 19.3. The van der Waals surface area contributed by atoms with Gasteiger partial charge in [-0.1, -0.05) is 11.6 Å². The molecule has 3 atom stereocenters. The number of carbonyl (C=O) groups excluding carboxylic acids is 2. The Hall–Kier alpha value is -3.81. The Bertz CT molecular complexity index is 2000. The summed E-state index contributed by atoms with van der Waals surface area (Å²) in [7, 11) is 1.61. The standard InChI is InChI=1S/C39H51ClN8O5/c1-38(2)20-23(12-14-52-38)18-31(49)45-37-41-28-8-10-30(40)43-34(28)48(37)27-16-25(17-27)22-39(3)21-24(13-15-53-39)19-32(50)44-36-42-29-9-11-33(51-4)46-35(29)47(36)26-6-5-7-26/h8-11,23-27H,5-7,12-22H2,1-4H3,(H,41,45,49)(H,42,44,50). The van der Waals surface area contributed by atoms with Crippen molar-refractivity contribution in [1.82, 2.24) is 29.1 Å². The number of halogens is 1. The number of pyridine rings is 2. The van der Waals surface area contributed by atoms with Crippen LogP contribution in [-0.4, -0.2) is 72.4 Å². The van der Waals surface area contributed by atoms with E-state index in [-0.39, 0.29) is 46.9 Å². The SMILES string of the molecule is COc1ccc2nc(NC(=O)CC3CCOC(C)(CC4CC(n5c(NC(=O)CC6CCOC(C)(C)C6)nc6ccc(Cl)nc65)C4)C3)n(C3CCC3)c2n1. The second kappa shape index (κ2) is 14.4. The minimum Gasteiger partial charge on any atom is -0.481 e. The fraction of sp³-hybridized carbons (Fsp3) is 0.641. The van der Waals surface area contributed by atoms with Crippen LogP contribution in [0.25, 0.3) is 22.3 Å². The maximum Gasteiger partial charge on any atom is 0.226 e. The maximum absolute atomic E-state index is 13.5. The van der Waals surface area contributed by atoms with Crippen LogP contribution in [0.1, 0.15) is 110 Å². The molecule has 6 heterocycles. The van der Waals surface area contributed by atoms with E-state index in [1.165, 1.54) is 0 Å². The first-order chi connectivity index (χ1) is 25.4. The zero-order valence-corrected chi connectivity index (χ0v) is 32.0. The number of imidazole rings is 2. The van der Waals surface area contributed by atoms with Gasteiger partial charge in [0.15, 0.2) is 11.3 Å². The number of carbonyl (C=O) groups is 2. The molecule has 0 radical (unpaired) electrons. The van der Waals surface area contributed by atoms with E-state index < -0.39 is 0 Å². The molecule has 0 aromatic carbocycles. The summed E-state index contributed by atoms with van der Waals surface area (Å²) in [5.74, 6) is 2.46. The van der Waals surface area contributed by atoms with Gasteiger partial charge in [-0.15, -0.1) is 0 Å². The predicted molar refractivity (Wildman–Crippen MR) is 202 cm³/mol. The van der Waals surface area contributed by atoms with Crippen LogP contribution in [0.5, 0.6) is 5.88 Å². The first-order valence-corrected chi connectivity index (χ1v) is 19.7. The molecule has 14 heteroatoms. The number of fused-ring (bicyclic) bond motifs is 2. The lowest BCUT2D eigenvalue weighted by Gasteiger charge is -2.45. The number of amides is 2. The summed E-state index contributed by atoms with van der Waals surface area (Å²) in [5, 5.41) is 6.66. The highest BCUT2D eigenvalue weighted by atomic mass is 35.5. The lowest BCUT2D eigenvalue weighted by molar-refractivity contribution is -0.124. The molecule has 2 saturated heterocycles. The Labute approximate surface area is 314 Å². The van der Waals surface area contributed by atoms with E-state index in [2.05, 4.69) is 50.5 Å². The van der Waals surface area contributed by atoms with Crippen molar-refractivity contribution in [2.45, 2.75) is 121 Å². The zero-order chi connectivity index (χ0) is 36.9. The molecule has 0 bridgehead atoms. The molecule has 4 fully saturated rings. The van der Waals surface area contributed by atoms with Crippen molar-refractivity contribution >= 4 is 57.6 Å². The molecule has 4 aliphatic rings. The third kappa shape index (κ3) is 7.75. The van der Waals surface area contributed by atoms with E-state index >= 15 is 0 Å². The summed E-state index contributed by atoms with van der Waals surface area (Å²) in [6, 6.07) is 7.70. The van der Waals surface area contributed by atoms with Gasteiger partial charge in [0, 0.05) is 44.2 Å². The quantitative estimate of drug-likeness (QED) is 0.148. The van der Waals surface area contributed by atoms with Crippen LogP contribution in [0.4, 0.5) is 11.9 Å². The second-order valence-corrected chi connectivity index (χ2v) is 17.1. The summed E-state index contributed by atoms with van der Waals surface area (Å²) in [6.07, 6.45) is 10.2. The summed E-state index contributed by atoms with van der Waals surface area (Å²) in [5.41, 5.74) is 2.36. The van der Waals surface area contributed by atoms with Gasteiger partial charge in [0.25, 0.3) is 0 Å². The number of nitrogens with zero attached hydrogens (tertiary/aromatic N) is 6. The molecular weight excluding hydrogens is 696 g/mol. The molecule has 3 unspecified atom stereocenters. The molecule has 53 heavy (non-hydrogen) atoms. The third-order valence-corrected chi connectivity index (χ3v) is 12.1. The third-order valence-electron chi connectivity index (χ3n) is 11.9. The topological polar surface area (TPSA) is 147 Å². The Kier molecular flexibility index (Phi) is 9.86. The molecule has 2 aliphatic heterocycles. The average molecular weight is 747 g/mol. The number of hydrogen-bond donors (Lipinski definition) is 2. The molecule has 2 saturated carbocycles. The Morgan fingerprint density at radius 1 is 0.792 bits per heavy atom. The maximum atomic E-state index is 13.5. The van der Waals surface area contributed by atoms with E-state index in [1.54, 1.807) is 19.2 Å². The number of ether oxygens (including phenoxy) is 3. The molecule has 2 N–H and O–H groups in total. The summed E-state index contributed by atoms with van der Waals surface area (Å²) >= 11 is 6.35. The Morgan fingerprint density at radius 2 is 1.40 bits per heavy atom. The molecule has 0 spiro atoms. The molecule has 13 nitrogen and oxygen atoms in total. The number of rotatable bonds is 11. The minimum absolute atomic E-state index is 0.0286. The number of methoxy groups -OCH3 is 1. The fourth-order valence-electron chi connectivity index (χ4n) is 9.19. The van der Waals surface area contributed by atoms with Crippen molar-refractivity contribution < 1.29 is 23.8 Å². The predicted octanol–water partition coefficient (Wildman–Crippen LogP) is 7.65. The van der Waals surface area contributed by atoms with Gasteiger partial charge in [-0.3, -0.25) is 29.4 Å². The van der Waals surface area contributed by atoms with Gasteiger partial charge in [0.05, 0.1) is 18.3 Å².